The summed E-state index contributed by atoms with van der Waals surface area (Å²) in [5.74, 6) is 1.10. The average molecular weight is 210 g/mol. The summed E-state index contributed by atoms with van der Waals surface area (Å²) in [5.41, 5.74) is 5.53. The van der Waals surface area contributed by atoms with Crippen LogP contribution < -0.4 is 11.1 Å². The van der Waals surface area contributed by atoms with Gasteiger partial charge in [0.05, 0.1) is 5.41 Å². The Hall–Kier alpha value is -0.570. The van der Waals surface area contributed by atoms with Gasteiger partial charge in [-0.15, -0.1) is 0 Å². The number of hydrogen-bond donors (Lipinski definition) is 2. The van der Waals surface area contributed by atoms with Crippen molar-refractivity contribution in [1.29, 1.82) is 0 Å². The van der Waals surface area contributed by atoms with Crippen molar-refractivity contribution in [3.63, 3.8) is 0 Å². The zero-order chi connectivity index (χ0) is 10.7. The molecule has 15 heavy (non-hydrogen) atoms. The summed E-state index contributed by atoms with van der Waals surface area (Å²) in [5, 5.41) is 3.07. The molecular formula is C12H22N2O. The SMILES string of the molecule is NCC1(C(=O)NCCC2CC2)CCCC1. The third-order valence-electron chi connectivity index (χ3n) is 3.97. The Balaban J connectivity index is 1.76. The molecule has 3 nitrogen and oxygen atoms in total. The van der Waals surface area contributed by atoms with Crippen LogP contribution in [0.1, 0.15) is 44.9 Å². The van der Waals surface area contributed by atoms with Crippen LogP contribution in [0.25, 0.3) is 0 Å². The lowest BCUT2D eigenvalue weighted by molar-refractivity contribution is -0.130. The molecule has 2 aliphatic carbocycles. The number of rotatable bonds is 5. The Labute approximate surface area is 91.8 Å². The van der Waals surface area contributed by atoms with E-state index >= 15 is 0 Å². The molecule has 0 aliphatic heterocycles. The van der Waals surface area contributed by atoms with Crippen molar-refractivity contribution >= 4 is 5.91 Å². The minimum absolute atomic E-state index is 0.211. The van der Waals surface area contributed by atoms with Crippen molar-refractivity contribution in [2.45, 2.75) is 44.9 Å². The lowest BCUT2D eigenvalue weighted by atomic mass is 9.85. The van der Waals surface area contributed by atoms with E-state index in [4.69, 9.17) is 5.73 Å². The fourth-order valence-electron chi connectivity index (χ4n) is 2.56. The van der Waals surface area contributed by atoms with Gasteiger partial charge in [0, 0.05) is 13.1 Å². The largest absolute Gasteiger partial charge is 0.356 e. The van der Waals surface area contributed by atoms with E-state index in [0.717, 1.165) is 44.6 Å². The normalized spacial score (nSPS) is 24.1. The fraction of sp³-hybridized carbons (Fsp3) is 0.917. The van der Waals surface area contributed by atoms with Crippen LogP contribution >= 0.6 is 0 Å². The van der Waals surface area contributed by atoms with Gasteiger partial charge < -0.3 is 11.1 Å². The van der Waals surface area contributed by atoms with Crippen molar-refractivity contribution in [2.24, 2.45) is 17.1 Å². The van der Waals surface area contributed by atoms with E-state index in [-0.39, 0.29) is 11.3 Å². The first-order valence-corrected chi connectivity index (χ1v) is 6.25. The van der Waals surface area contributed by atoms with Crippen molar-refractivity contribution in [3.05, 3.63) is 0 Å². The third kappa shape index (κ3) is 2.51. The molecule has 0 bridgehead atoms. The quantitative estimate of drug-likeness (QED) is 0.721. The van der Waals surface area contributed by atoms with E-state index in [0.29, 0.717) is 6.54 Å². The summed E-state index contributed by atoms with van der Waals surface area (Å²) >= 11 is 0. The molecule has 0 aromatic carbocycles. The molecule has 0 spiro atoms. The molecular weight excluding hydrogens is 188 g/mol. The van der Waals surface area contributed by atoms with Crippen LogP contribution in [0.15, 0.2) is 0 Å². The smallest absolute Gasteiger partial charge is 0.227 e. The van der Waals surface area contributed by atoms with Gasteiger partial charge in [-0.2, -0.15) is 0 Å². The zero-order valence-electron chi connectivity index (χ0n) is 9.43. The highest BCUT2D eigenvalue weighted by atomic mass is 16.2. The first-order chi connectivity index (χ1) is 7.27. The van der Waals surface area contributed by atoms with Crippen LogP contribution in [-0.2, 0) is 4.79 Å². The second-order valence-corrected chi connectivity index (χ2v) is 5.18. The maximum atomic E-state index is 12.0. The van der Waals surface area contributed by atoms with Gasteiger partial charge in [0.1, 0.15) is 0 Å². The van der Waals surface area contributed by atoms with Gasteiger partial charge in [-0.05, 0) is 25.2 Å². The highest BCUT2D eigenvalue weighted by Gasteiger charge is 2.39. The number of carbonyl (C=O) groups excluding carboxylic acids is 1. The number of nitrogens with two attached hydrogens (primary N) is 1. The van der Waals surface area contributed by atoms with Crippen molar-refractivity contribution in [3.8, 4) is 0 Å². The Morgan fingerprint density at radius 1 is 1.33 bits per heavy atom. The Morgan fingerprint density at radius 3 is 2.53 bits per heavy atom. The maximum Gasteiger partial charge on any atom is 0.227 e. The van der Waals surface area contributed by atoms with Crippen LogP contribution in [0, 0.1) is 11.3 Å². The van der Waals surface area contributed by atoms with Crippen LogP contribution in [0.2, 0.25) is 0 Å². The number of nitrogens with one attached hydrogen (secondary N) is 1. The number of amides is 1. The molecule has 0 aromatic heterocycles. The summed E-state index contributed by atoms with van der Waals surface area (Å²) in [6, 6.07) is 0. The standard InChI is InChI=1S/C12H22N2O/c13-9-12(6-1-2-7-12)11(15)14-8-5-10-3-4-10/h10H,1-9,13H2,(H,14,15). The zero-order valence-corrected chi connectivity index (χ0v) is 9.43. The summed E-state index contributed by atoms with van der Waals surface area (Å²) < 4.78 is 0. The van der Waals surface area contributed by atoms with Gasteiger partial charge in [0.2, 0.25) is 5.91 Å². The molecule has 1 amide bonds. The molecule has 3 N–H and O–H groups in total. The molecule has 0 atom stereocenters. The molecule has 0 unspecified atom stereocenters. The Morgan fingerprint density at radius 2 is 2.00 bits per heavy atom. The van der Waals surface area contributed by atoms with E-state index in [1.54, 1.807) is 0 Å². The summed E-state index contributed by atoms with van der Waals surface area (Å²) in [4.78, 5) is 12.0. The van der Waals surface area contributed by atoms with Gasteiger partial charge >= 0.3 is 0 Å². The van der Waals surface area contributed by atoms with Gasteiger partial charge in [0.25, 0.3) is 0 Å². The van der Waals surface area contributed by atoms with E-state index < -0.39 is 0 Å². The number of hydrogen-bond acceptors (Lipinski definition) is 2. The first-order valence-electron chi connectivity index (χ1n) is 6.25. The van der Waals surface area contributed by atoms with Crippen molar-refractivity contribution < 1.29 is 4.79 Å². The molecule has 2 aliphatic rings. The molecule has 0 radical (unpaired) electrons. The highest BCUT2D eigenvalue weighted by molar-refractivity contribution is 5.83. The monoisotopic (exact) mass is 210 g/mol. The first kappa shape index (κ1) is 10.9. The lowest BCUT2D eigenvalue weighted by Crippen LogP contribution is -2.44. The van der Waals surface area contributed by atoms with Crippen LogP contribution in [0.5, 0.6) is 0 Å². The summed E-state index contributed by atoms with van der Waals surface area (Å²) in [6.07, 6.45) is 8.17. The Kier molecular flexibility index (Phi) is 3.29. The van der Waals surface area contributed by atoms with E-state index in [1.807, 2.05) is 0 Å². The predicted molar refractivity (Wildman–Crippen MR) is 60.3 cm³/mol. The Bertz CT molecular complexity index is 230. The average Bonchev–Trinajstić information content (AvgIpc) is 2.94. The molecule has 3 heteroatoms. The van der Waals surface area contributed by atoms with Gasteiger partial charge in [-0.3, -0.25) is 4.79 Å². The summed E-state index contributed by atoms with van der Waals surface area (Å²) in [6.45, 7) is 1.37. The molecule has 0 aromatic rings. The minimum Gasteiger partial charge on any atom is -0.356 e. The molecule has 0 heterocycles. The van der Waals surface area contributed by atoms with Crippen molar-refractivity contribution in [1.82, 2.24) is 5.32 Å². The predicted octanol–water partition coefficient (Wildman–Crippen LogP) is 1.42. The van der Waals surface area contributed by atoms with Gasteiger partial charge in [-0.25, -0.2) is 0 Å². The molecule has 0 saturated heterocycles. The molecule has 2 saturated carbocycles. The molecule has 86 valence electrons. The summed E-state index contributed by atoms with van der Waals surface area (Å²) in [7, 11) is 0. The molecule has 2 fully saturated rings. The van der Waals surface area contributed by atoms with E-state index in [9.17, 15) is 4.79 Å². The van der Waals surface area contributed by atoms with Gasteiger partial charge in [0.15, 0.2) is 0 Å². The van der Waals surface area contributed by atoms with E-state index in [1.165, 1.54) is 12.8 Å². The minimum atomic E-state index is -0.219. The third-order valence-corrected chi connectivity index (χ3v) is 3.97. The van der Waals surface area contributed by atoms with Crippen LogP contribution in [0.4, 0.5) is 0 Å². The topological polar surface area (TPSA) is 55.1 Å². The lowest BCUT2D eigenvalue weighted by Gasteiger charge is -2.25. The fourth-order valence-corrected chi connectivity index (χ4v) is 2.56. The second kappa shape index (κ2) is 4.52. The van der Waals surface area contributed by atoms with Crippen molar-refractivity contribution in [2.75, 3.05) is 13.1 Å². The van der Waals surface area contributed by atoms with Crippen LogP contribution in [-0.4, -0.2) is 19.0 Å². The van der Waals surface area contributed by atoms with E-state index in [2.05, 4.69) is 5.32 Å². The van der Waals surface area contributed by atoms with Crippen LogP contribution in [0.3, 0.4) is 0 Å². The number of carbonyl (C=O) groups is 1. The molecule has 2 rings (SSSR count). The van der Waals surface area contributed by atoms with Gasteiger partial charge in [-0.1, -0.05) is 25.7 Å². The second-order valence-electron chi connectivity index (χ2n) is 5.18. The maximum absolute atomic E-state index is 12.0. The highest BCUT2D eigenvalue weighted by Crippen LogP contribution is 2.37.